The maximum absolute atomic E-state index is 6.19. The van der Waals surface area contributed by atoms with Gasteiger partial charge in [0.05, 0.1) is 21.4 Å². The van der Waals surface area contributed by atoms with Crippen molar-refractivity contribution in [3.8, 4) is 0 Å². The number of nitrogens with one attached hydrogen (secondary N) is 1. The second-order valence-corrected chi connectivity index (χ2v) is 9.37. The van der Waals surface area contributed by atoms with Crippen LogP contribution in [-0.4, -0.2) is 24.3 Å². The number of aliphatic imine (C=N–C) groups is 1. The van der Waals surface area contributed by atoms with Gasteiger partial charge in [0.2, 0.25) is 0 Å². The molecule has 0 aromatic heterocycles. The summed E-state index contributed by atoms with van der Waals surface area (Å²) in [6.45, 7) is 1.81. The van der Waals surface area contributed by atoms with Gasteiger partial charge in [-0.25, -0.2) is 0 Å². The highest BCUT2D eigenvalue weighted by atomic mass is 35.5. The second kappa shape index (κ2) is 7.85. The number of anilines is 2. The van der Waals surface area contributed by atoms with Gasteiger partial charge in [-0.1, -0.05) is 48.2 Å². The van der Waals surface area contributed by atoms with Gasteiger partial charge in [0, 0.05) is 35.9 Å². The summed E-state index contributed by atoms with van der Waals surface area (Å²) >= 11 is 12.3. The summed E-state index contributed by atoms with van der Waals surface area (Å²) in [5.41, 5.74) is 5.13. The Morgan fingerprint density at radius 2 is 1.86 bits per heavy atom. The topological polar surface area (TPSA) is 27.6 Å². The molecule has 2 aromatic rings. The van der Waals surface area contributed by atoms with Gasteiger partial charge in [0.25, 0.3) is 0 Å². The minimum atomic E-state index is 0.223. The van der Waals surface area contributed by atoms with E-state index in [-0.39, 0.29) is 5.54 Å². The Bertz CT molecular complexity index is 933. The first-order valence-corrected chi connectivity index (χ1v) is 11.6. The molecule has 1 aliphatic heterocycles. The maximum Gasteiger partial charge on any atom is 0.0862 e. The molecule has 3 nitrogen and oxygen atoms in total. The molecule has 0 bridgehead atoms. The summed E-state index contributed by atoms with van der Waals surface area (Å²) < 4.78 is 0. The number of fused-ring (bicyclic) bond motifs is 3. The van der Waals surface area contributed by atoms with Crippen molar-refractivity contribution in [1.29, 1.82) is 0 Å². The van der Waals surface area contributed by atoms with Crippen LogP contribution >= 0.6 is 23.2 Å². The number of benzene rings is 2. The Balaban J connectivity index is 1.45. The van der Waals surface area contributed by atoms with Crippen LogP contribution in [0.5, 0.6) is 0 Å². The van der Waals surface area contributed by atoms with E-state index in [0.29, 0.717) is 16.0 Å². The van der Waals surface area contributed by atoms with E-state index in [9.17, 15) is 0 Å². The van der Waals surface area contributed by atoms with Crippen LogP contribution in [0.25, 0.3) is 0 Å². The van der Waals surface area contributed by atoms with Crippen LogP contribution in [-0.2, 0) is 0 Å². The average Bonchev–Trinajstić information content (AvgIpc) is 3.37. The summed E-state index contributed by atoms with van der Waals surface area (Å²) in [6.07, 6.45) is 8.92. The third-order valence-corrected chi connectivity index (χ3v) is 7.74. The molecule has 3 aliphatic rings. The fourth-order valence-electron chi connectivity index (χ4n) is 5.78. The quantitative estimate of drug-likeness (QED) is 0.562. The Morgan fingerprint density at radius 3 is 2.69 bits per heavy atom. The van der Waals surface area contributed by atoms with Gasteiger partial charge in [-0.3, -0.25) is 4.99 Å². The van der Waals surface area contributed by atoms with E-state index < -0.39 is 0 Å². The van der Waals surface area contributed by atoms with E-state index in [4.69, 9.17) is 28.2 Å². The molecule has 29 heavy (non-hydrogen) atoms. The molecule has 0 radical (unpaired) electrons. The third kappa shape index (κ3) is 3.43. The zero-order valence-electron chi connectivity index (χ0n) is 16.6. The van der Waals surface area contributed by atoms with Gasteiger partial charge in [0.1, 0.15) is 0 Å². The lowest BCUT2D eigenvalue weighted by atomic mass is 9.78. The summed E-state index contributed by atoms with van der Waals surface area (Å²) in [5.74, 6) is 0.599. The molecule has 2 aliphatic carbocycles. The highest BCUT2D eigenvalue weighted by Crippen LogP contribution is 2.52. The highest BCUT2D eigenvalue weighted by Gasteiger charge is 2.50. The first kappa shape index (κ1) is 19.3. The smallest absolute Gasteiger partial charge is 0.0862 e. The first-order chi connectivity index (χ1) is 14.2. The van der Waals surface area contributed by atoms with Crippen molar-refractivity contribution in [2.75, 3.05) is 23.3 Å². The minimum absolute atomic E-state index is 0.223. The number of halogens is 2. The van der Waals surface area contributed by atoms with Crippen LogP contribution in [0.4, 0.5) is 17.1 Å². The number of hydrogen-bond donors (Lipinski definition) is 1. The fourth-order valence-corrected chi connectivity index (χ4v) is 6.08. The molecule has 2 fully saturated rings. The van der Waals surface area contributed by atoms with Gasteiger partial charge in [0.15, 0.2) is 0 Å². The third-order valence-electron chi connectivity index (χ3n) is 7.00. The van der Waals surface area contributed by atoms with Crippen LogP contribution in [0.3, 0.4) is 0 Å². The van der Waals surface area contributed by atoms with Gasteiger partial charge in [-0.15, -0.1) is 0 Å². The molecule has 0 amide bonds. The van der Waals surface area contributed by atoms with Crippen molar-refractivity contribution in [3.63, 3.8) is 0 Å². The van der Waals surface area contributed by atoms with Crippen molar-refractivity contribution in [1.82, 2.24) is 0 Å². The molecule has 5 rings (SSSR count). The van der Waals surface area contributed by atoms with Crippen LogP contribution in [0.1, 0.15) is 44.9 Å². The Labute approximate surface area is 183 Å². The Hall–Kier alpha value is -1.71. The predicted octanol–water partition coefficient (Wildman–Crippen LogP) is 7.11. The van der Waals surface area contributed by atoms with Crippen LogP contribution in [0.15, 0.2) is 47.5 Å². The zero-order chi connectivity index (χ0) is 19.8. The van der Waals surface area contributed by atoms with E-state index >= 15 is 0 Å². The number of hydrogen-bond acceptors (Lipinski definition) is 3. The Morgan fingerprint density at radius 1 is 1.03 bits per heavy atom. The summed E-state index contributed by atoms with van der Waals surface area (Å²) in [7, 11) is 0. The summed E-state index contributed by atoms with van der Waals surface area (Å²) in [5, 5.41) is 4.74. The molecule has 152 valence electrons. The van der Waals surface area contributed by atoms with Crippen LogP contribution in [0.2, 0.25) is 10.0 Å². The molecule has 1 unspecified atom stereocenters. The van der Waals surface area contributed by atoms with Gasteiger partial charge >= 0.3 is 0 Å². The maximum atomic E-state index is 6.19. The largest absolute Gasteiger partial charge is 0.383 e. The monoisotopic (exact) mass is 427 g/mol. The highest BCUT2D eigenvalue weighted by molar-refractivity contribution is 6.42. The predicted molar refractivity (Wildman–Crippen MR) is 124 cm³/mol. The lowest BCUT2D eigenvalue weighted by Crippen LogP contribution is -2.54. The van der Waals surface area contributed by atoms with Gasteiger partial charge < -0.3 is 10.2 Å². The second-order valence-electron chi connectivity index (χ2n) is 8.55. The fraction of sp³-hybridized carbons (Fsp3) is 0.458. The SMILES string of the molecule is Clc1ccc(NCCN2c3ccccc3N=C3CCCC3C23CCCC3)cc1Cl. The average molecular weight is 428 g/mol. The normalized spacial score (nSPS) is 22.2. The number of nitrogens with zero attached hydrogens (tertiary/aromatic N) is 2. The van der Waals surface area contributed by atoms with Crippen molar-refractivity contribution in [2.45, 2.75) is 50.5 Å². The molecule has 1 atom stereocenters. The first-order valence-electron chi connectivity index (χ1n) is 10.8. The van der Waals surface area contributed by atoms with Crippen LogP contribution in [0, 0.1) is 5.92 Å². The van der Waals surface area contributed by atoms with E-state index in [1.165, 1.54) is 49.9 Å². The van der Waals surface area contributed by atoms with E-state index in [1.54, 1.807) is 0 Å². The molecule has 2 aromatic carbocycles. The van der Waals surface area contributed by atoms with Crippen molar-refractivity contribution < 1.29 is 0 Å². The van der Waals surface area contributed by atoms with E-state index in [0.717, 1.165) is 30.9 Å². The van der Waals surface area contributed by atoms with Crippen molar-refractivity contribution >= 4 is 46.0 Å². The zero-order valence-corrected chi connectivity index (χ0v) is 18.1. The molecular weight excluding hydrogens is 401 g/mol. The summed E-state index contributed by atoms with van der Waals surface area (Å²) in [6, 6.07) is 14.5. The lowest BCUT2D eigenvalue weighted by molar-refractivity contribution is 0.316. The number of para-hydroxylation sites is 2. The standard InChI is InChI=1S/C24H27Cl2N3/c25-19-11-10-17(16-20(19)26)27-14-15-29-23-9-2-1-7-22(23)28-21-8-5-6-18(21)24(29)12-3-4-13-24/h1-2,7,9-11,16,18,27H,3-6,8,12-15H2. The molecule has 1 spiro atoms. The van der Waals surface area contributed by atoms with Crippen molar-refractivity contribution in [3.05, 3.63) is 52.5 Å². The molecular formula is C24H27Cl2N3. The number of rotatable bonds is 4. The van der Waals surface area contributed by atoms with Gasteiger partial charge in [-0.05, 0) is 62.4 Å². The van der Waals surface area contributed by atoms with Gasteiger partial charge in [-0.2, -0.15) is 0 Å². The van der Waals surface area contributed by atoms with E-state index in [1.807, 2.05) is 18.2 Å². The lowest BCUT2D eigenvalue weighted by Gasteiger charge is -2.46. The molecule has 1 heterocycles. The Kier molecular flexibility index (Phi) is 5.21. The van der Waals surface area contributed by atoms with Crippen molar-refractivity contribution in [2.24, 2.45) is 10.9 Å². The minimum Gasteiger partial charge on any atom is -0.383 e. The molecule has 5 heteroatoms. The van der Waals surface area contributed by atoms with E-state index in [2.05, 4.69) is 34.5 Å². The summed E-state index contributed by atoms with van der Waals surface area (Å²) in [4.78, 5) is 7.88. The molecule has 1 N–H and O–H groups in total. The molecule has 2 saturated carbocycles. The molecule has 0 saturated heterocycles. The van der Waals surface area contributed by atoms with Crippen LogP contribution < -0.4 is 10.2 Å².